The van der Waals surface area contributed by atoms with Crippen molar-refractivity contribution in [3.63, 3.8) is 0 Å². The molecule has 1 amide bonds. The van der Waals surface area contributed by atoms with Crippen LogP contribution in [-0.4, -0.2) is 36.7 Å². The molecule has 0 aliphatic rings. The third-order valence-corrected chi connectivity index (χ3v) is 8.63. The number of benzene rings is 5. The molecule has 0 saturated carbocycles. The summed E-state index contributed by atoms with van der Waals surface area (Å²) in [5, 5.41) is 12.1. The van der Waals surface area contributed by atoms with Gasteiger partial charge in [0.05, 0.1) is 17.7 Å². The summed E-state index contributed by atoms with van der Waals surface area (Å²) >= 11 is 0. The van der Waals surface area contributed by atoms with Crippen LogP contribution < -0.4 is 14.8 Å². The van der Waals surface area contributed by atoms with Gasteiger partial charge in [0.1, 0.15) is 18.1 Å². The summed E-state index contributed by atoms with van der Waals surface area (Å²) in [7, 11) is 0. The number of hydrogen-bond donors (Lipinski definition) is 2. The molecule has 0 aromatic heterocycles. The largest absolute Gasteiger partial charge is 0.489 e. The monoisotopic (exact) mass is 779 g/mol. The quantitative estimate of drug-likeness (QED) is 0.0679. The van der Waals surface area contributed by atoms with Crippen molar-refractivity contribution in [2.75, 3.05) is 19.8 Å². The molecule has 2 N–H and O–H groups in total. The van der Waals surface area contributed by atoms with E-state index in [0.29, 0.717) is 26.2 Å². The number of hydrogen-bond acceptors (Lipinski definition) is 5. The second kappa shape index (κ2) is 19.2. The van der Waals surface area contributed by atoms with Crippen molar-refractivity contribution in [2.24, 2.45) is 0 Å². The summed E-state index contributed by atoms with van der Waals surface area (Å²) < 4.78 is 99.3. The van der Waals surface area contributed by atoms with Gasteiger partial charge in [-0.05, 0) is 83.6 Å². The van der Waals surface area contributed by atoms with Gasteiger partial charge >= 0.3 is 18.3 Å². The van der Waals surface area contributed by atoms with Crippen molar-refractivity contribution in [3.8, 4) is 33.8 Å². The zero-order valence-corrected chi connectivity index (χ0v) is 30.1. The maximum Gasteiger partial charge on any atom is 0.416 e. The highest BCUT2D eigenvalue weighted by Gasteiger charge is 2.32. The second-order valence-electron chi connectivity index (χ2n) is 12.9. The van der Waals surface area contributed by atoms with E-state index >= 15 is 0 Å². The molecule has 0 bridgehead atoms. The summed E-state index contributed by atoms with van der Waals surface area (Å²) in [4.78, 5) is 24.9. The zero-order valence-electron chi connectivity index (χ0n) is 30.1. The van der Waals surface area contributed by atoms with Gasteiger partial charge in [-0.3, -0.25) is 4.79 Å². The molecule has 0 aliphatic carbocycles. The first-order chi connectivity index (χ1) is 26.8. The number of alkyl halides is 6. The second-order valence-corrected chi connectivity index (χ2v) is 12.9. The van der Waals surface area contributed by atoms with E-state index in [1.807, 2.05) is 54.6 Å². The van der Waals surface area contributed by atoms with Gasteiger partial charge in [-0.2, -0.15) is 26.3 Å². The first kappa shape index (κ1) is 41.3. The minimum atomic E-state index is -4.74. The molecular formula is C43H39F6NO6. The van der Waals surface area contributed by atoms with Crippen molar-refractivity contribution < 1.29 is 55.2 Å². The minimum Gasteiger partial charge on any atom is -0.489 e. The number of aliphatic carboxylic acids is 1. The van der Waals surface area contributed by atoms with Crippen LogP contribution in [0.5, 0.6) is 11.5 Å². The lowest BCUT2D eigenvalue weighted by Gasteiger charge is -2.19. The molecule has 7 nitrogen and oxygen atoms in total. The van der Waals surface area contributed by atoms with Crippen LogP contribution in [-0.2, 0) is 35.1 Å². The molecule has 0 fully saturated rings. The fraction of sp³-hybridized carbons (Fsp3) is 0.256. The average molecular weight is 780 g/mol. The number of rotatable bonds is 18. The van der Waals surface area contributed by atoms with Crippen LogP contribution in [0.4, 0.5) is 26.3 Å². The molecule has 0 unspecified atom stereocenters. The van der Waals surface area contributed by atoms with Crippen LogP contribution in [0.25, 0.3) is 22.3 Å². The first-order valence-corrected chi connectivity index (χ1v) is 17.8. The molecule has 294 valence electrons. The van der Waals surface area contributed by atoms with Gasteiger partial charge in [0.25, 0.3) is 5.91 Å². The van der Waals surface area contributed by atoms with Crippen LogP contribution in [0.2, 0.25) is 0 Å². The van der Waals surface area contributed by atoms with Crippen molar-refractivity contribution in [3.05, 3.63) is 143 Å². The van der Waals surface area contributed by atoms with Gasteiger partial charge in [0.2, 0.25) is 0 Å². The van der Waals surface area contributed by atoms with E-state index in [1.165, 1.54) is 24.3 Å². The van der Waals surface area contributed by atoms with Crippen LogP contribution >= 0.6 is 0 Å². The number of amides is 1. The van der Waals surface area contributed by atoms with Gasteiger partial charge in [0, 0.05) is 29.8 Å². The molecule has 0 atom stereocenters. The van der Waals surface area contributed by atoms with Gasteiger partial charge in [-0.25, -0.2) is 4.79 Å². The fourth-order valence-electron chi connectivity index (χ4n) is 5.80. The predicted octanol–water partition coefficient (Wildman–Crippen LogP) is 10.6. The normalized spacial score (nSPS) is 11.6. The minimum absolute atomic E-state index is 0.0725. The standard InChI is InChI=1S/C43H39F6NO6/c44-42(45,46)34-14-8-12-31(22-34)37-24-33(25-38(40(37)56-28-39(51)52)32-13-9-15-35(23-32)43(47,48)49)41(53)50-20-6-1-2-7-21-54-26-30-16-18-36(19-17-30)55-27-29-10-4-3-5-11-29/h3-5,8-19,22-25H,1-2,6-7,20-21,26-28H2,(H,50,53)(H,51,52). The number of carboxylic acid groups (broad SMARTS) is 1. The maximum absolute atomic E-state index is 13.7. The van der Waals surface area contributed by atoms with E-state index in [4.69, 9.17) is 14.2 Å². The van der Waals surface area contributed by atoms with Gasteiger partial charge in [0.15, 0.2) is 6.61 Å². The number of unbranched alkanes of at least 4 members (excludes halogenated alkanes) is 3. The Bertz CT molecular complexity index is 1990. The highest BCUT2D eigenvalue weighted by molar-refractivity contribution is 5.99. The van der Waals surface area contributed by atoms with E-state index < -0.39 is 42.0 Å². The summed E-state index contributed by atoms with van der Waals surface area (Å²) in [6.07, 6.45) is -6.54. The van der Waals surface area contributed by atoms with Crippen molar-refractivity contribution in [1.82, 2.24) is 5.32 Å². The van der Waals surface area contributed by atoms with E-state index in [2.05, 4.69) is 5.32 Å². The van der Waals surface area contributed by atoms with Crippen molar-refractivity contribution in [2.45, 2.75) is 51.2 Å². The van der Waals surface area contributed by atoms with Crippen molar-refractivity contribution >= 4 is 11.9 Å². The summed E-state index contributed by atoms with van der Waals surface area (Å²) in [5.41, 5.74) is -0.431. The smallest absolute Gasteiger partial charge is 0.416 e. The Morgan fingerprint density at radius 1 is 0.607 bits per heavy atom. The van der Waals surface area contributed by atoms with E-state index in [1.54, 1.807) is 0 Å². The SMILES string of the molecule is O=C(O)COc1c(-c2cccc(C(F)(F)F)c2)cc(C(=O)NCCCCCCOCc2ccc(OCc3ccccc3)cc2)cc1-c1cccc(C(F)(F)F)c1. The third-order valence-electron chi connectivity index (χ3n) is 8.63. The molecule has 0 radical (unpaired) electrons. The third kappa shape index (κ3) is 12.1. The Morgan fingerprint density at radius 2 is 1.18 bits per heavy atom. The van der Waals surface area contributed by atoms with Crippen LogP contribution in [0.1, 0.15) is 58.3 Å². The molecule has 0 spiro atoms. The van der Waals surface area contributed by atoms with Gasteiger partial charge < -0.3 is 24.6 Å². The Labute approximate surface area is 319 Å². The Morgan fingerprint density at radius 3 is 1.75 bits per heavy atom. The highest BCUT2D eigenvalue weighted by atomic mass is 19.4. The molecule has 0 aliphatic heterocycles. The molecule has 56 heavy (non-hydrogen) atoms. The molecule has 0 heterocycles. The summed E-state index contributed by atoms with van der Waals surface area (Å²) in [5.74, 6) is -1.59. The zero-order chi connectivity index (χ0) is 40.1. The van der Waals surface area contributed by atoms with E-state index in [-0.39, 0.29) is 40.1 Å². The van der Waals surface area contributed by atoms with E-state index in [9.17, 15) is 41.0 Å². The number of nitrogens with one attached hydrogen (secondary N) is 1. The molecule has 5 aromatic rings. The van der Waals surface area contributed by atoms with Crippen LogP contribution in [0.15, 0.2) is 115 Å². The lowest BCUT2D eigenvalue weighted by Crippen LogP contribution is -2.24. The molecule has 5 rings (SSSR count). The number of carboxylic acids is 1. The van der Waals surface area contributed by atoms with Gasteiger partial charge in [-0.1, -0.05) is 79.6 Å². The van der Waals surface area contributed by atoms with Crippen LogP contribution in [0.3, 0.4) is 0 Å². The van der Waals surface area contributed by atoms with Crippen molar-refractivity contribution in [1.29, 1.82) is 0 Å². The first-order valence-electron chi connectivity index (χ1n) is 17.8. The topological polar surface area (TPSA) is 94.1 Å². The number of halogens is 6. The Hall–Kier alpha value is -5.82. The van der Waals surface area contributed by atoms with Gasteiger partial charge in [-0.15, -0.1) is 0 Å². The highest BCUT2D eigenvalue weighted by Crippen LogP contribution is 2.43. The average Bonchev–Trinajstić information content (AvgIpc) is 3.18. The Balaban J connectivity index is 1.20. The summed E-state index contributed by atoms with van der Waals surface area (Å²) in [6.45, 7) is 0.749. The number of ether oxygens (including phenoxy) is 3. The lowest BCUT2D eigenvalue weighted by atomic mass is 9.92. The molecule has 0 saturated heterocycles. The summed E-state index contributed by atoms with van der Waals surface area (Å²) in [6, 6.07) is 28.2. The fourth-order valence-corrected chi connectivity index (χ4v) is 5.80. The maximum atomic E-state index is 13.7. The molecule has 5 aromatic carbocycles. The predicted molar refractivity (Wildman–Crippen MR) is 198 cm³/mol. The number of carbonyl (C=O) groups excluding carboxylic acids is 1. The van der Waals surface area contributed by atoms with Crippen LogP contribution in [0, 0.1) is 0 Å². The molecule has 13 heteroatoms. The lowest BCUT2D eigenvalue weighted by molar-refractivity contribution is -0.139. The molecular weight excluding hydrogens is 740 g/mol. The Kier molecular flexibility index (Phi) is 14.1. The number of carbonyl (C=O) groups is 2. The van der Waals surface area contributed by atoms with E-state index in [0.717, 1.165) is 72.5 Å².